The molecule has 1 aromatic carbocycles. The standard InChI is InChI=1S/C67H118N26O17/c1-35(2)30-45(61(106)88-43(22-15-29-81-67(77)78)57(102)89-44(23-24-49(71)95)59(104)87-41(20-10-12-26-69)58(103)92-47(32-50(72)96)62(107)93-52(36(3)4)64(109)110)91-63(108)48(34-94)84-51(97)33-82-55(100)40(19-9-11-25-68)86-56(101)42(21-14-28-80-66(75)76)85-53(98)37(5)83-60(105)46(31-38-16-7-6-8-17-38)90-54(99)39(70)18-13-27-79-65(73)74/h6-8,16-17,35-37,39-48,52,94H,9-15,18-34,68-70H2,1-5H3,(H2,71,95)(H2,72,96)(H,82,100)(H,83,105)(H,84,97)(H,85,98)(H,86,101)(H,87,104)(H,88,106)(H,89,102)(H,90,99)(H,91,108)(H,92,103)(H,93,107)(H,109,110)(H4,73,74,79)(H4,75,76,80)(H4,77,78,81)/t37-,39-,40-,41+,42-,43+,44+,45+,46+,47+,48+,52-/m0/s1. The normalized spacial score (nSPS) is 14.2. The molecule has 0 saturated carbocycles. The first-order valence-corrected chi connectivity index (χ1v) is 36.2. The van der Waals surface area contributed by atoms with Gasteiger partial charge < -0.3 is 137 Å². The van der Waals surface area contributed by atoms with Gasteiger partial charge in [-0.3, -0.25) is 82.1 Å². The van der Waals surface area contributed by atoms with E-state index in [0.717, 1.165) is 0 Å². The molecule has 110 heavy (non-hydrogen) atoms. The minimum atomic E-state index is -1.80. The lowest BCUT2D eigenvalue weighted by atomic mass is 10.0. The summed E-state index contributed by atoms with van der Waals surface area (Å²) >= 11 is 0. The van der Waals surface area contributed by atoms with Gasteiger partial charge in [0.05, 0.1) is 25.6 Å². The van der Waals surface area contributed by atoms with Crippen molar-refractivity contribution in [1.29, 1.82) is 0 Å². The number of aliphatic hydroxyl groups is 1. The van der Waals surface area contributed by atoms with E-state index in [1.54, 1.807) is 44.2 Å². The van der Waals surface area contributed by atoms with Crippen molar-refractivity contribution in [2.45, 2.75) is 216 Å². The van der Waals surface area contributed by atoms with Crippen molar-refractivity contribution in [3.63, 3.8) is 0 Å². The molecule has 0 aliphatic carbocycles. The summed E-state index contributed by atoms with van der Waals surface area (Å²) in [5.74, 6) is -16.8. The zero-order valence-electron chi connectivity index (χ0n) is 63.2. The number of unbranched alkanes of at least 4 members (excludes halogenated alkanes) is 2. The van der Waals surface area contributed by atoms with Crippen LogP contribution in [0, 0.1) is 11.8 Å². The number of hydrogen-bond acceptors (Lipinski definition) is 22. The highest BCUT2D eigenvalue weighted by Gasteiger charge is 2.37. The Hall–Kier alpha value is -11.1. The van der Waals surface area contributed by atoms with Gasteiger partial charge in [-0.2, -0.15) is 0 Å². The fraction of sp³-hybridized carbons (Fsp3) is 0.642. The smallest absolute Gasteiger partial charge is 0.326 e. The number of aliphatic carboxylic acids is 1. The third-order valence-corrected chi connectivity index (χ3v) is 16.5. The molecule has 0 aliphatic heterocycles. The number of carbonyl (C=O) groups excluding carboxylic acids is 14. The third kappa shape index (κ3) is 40.8. The Bertz CT molecular complexity index is 3280. The molecule has 43 heteroatoms. The molecule has 0 saturated heterocycles. The van der Waals surface area contributed by atoms with Gasteiger partial charge in [0.2, 0.25) is 82.7 Å². The minimum Gasteiger partial charge on any atom is -0.480 e. The zero-order chi connectivity index (χ0) is 83.2. The number of aliphatic imine (C=N–C) groups is 3. The van der Waals surface area contributed by atoms with E-state index in [-0.39, 0.29) is 127 Å². The number of carboxylic acid groups (broad SMARTS) is 1. The van der Waals surface area contributed by atoms with Crippen molar-refractivity contribution in [2.75, 3.05) is 45.9 Å². The molecule has 0 fully saturated rings. The SMILES string of the molecule is CC(C)C[C@@H](NC(=O)[C@@H](CO)NC(=O)CNC(=O)[C@H](CCCCN)NC(=O)[C@H](CCCN=C(N)N)NC(=O)[C@H](C)NC(=O)[C@@H](Cc1ccccc1)NC(=O)[C@@H](N)CCCN=C(N)N)C(=O)N[C@H](CCCN=C(N)N)C(=O)N[C@H](CCC(N)=O)C(=O)N[C@H](CCCCN)C(=O)N[C@H](CC(N)=O)C(=O)N[C@H](C(=O)O)C(C)C. The molecular formula is C67H118N26O17. The second-order valence-electron chi connectivity index (χ2n) is 26.8. The third-order valence-electron chi connectivity index (χ3n) is 16.5. The Morgan fingerprint density at radius 2 is 0.800 bits per heavy atom. The topological polar surface area (TPSA) is 764 Å². The molecule has 12 atom stereocenters. The van der Waals surface area contributed by atoms with Gasteiger partial charge in [-0.05, 0) is 127 Å². The van der Waals surface area contributed by atoms with Crippen molar-refractivity contribution < 1.29 is 82.1 Å². The Balaban J connectivity index is 3.52. The minimum absolute atomic E-state index is 0.00363. The van der Waals surface area contributed by atoms with Gasteiger partial charge in [-0.1, -0.05) is 58.0 Å². The van der Waals surface area contributed by atoms with E-state index in [1.807, 2.05) is 0 Å². The summed E-state index contributed by atoms with van der Waals surface area (Å²) in [4.78, 5) is 215. The molecular weight excluding hydrogens is 1440 g/mol. The summed E-state index contributed by atoms with van der Waals surface area (Å²) in [5.41, 5.74) is 62.0. The number of nitrogens with zero attached hydrogens (tertiary/aromatic N) is 3. The summed E-state index contributed by atoms with van der Waals surface area (Å²) in [5, 5.41) is 49.8. The molecule has 0 heterocycles. The molecule has 1 rings (SSSR count). The number of nitrogens with two attached hydrogens (primary N) is 11. The van der Waals surface area contributed by atoms with Gasteiger partial charge in [0.25, 0.3) is 0 Å². The van der Waals surface area contributed by atoms with Crippen LogP contribution in [0.3, 0.4) is 0 Å². The van der Waals surface area contributed by atoms with Crippen molar-refractivity contribution in [1.82, 2.24) is 63.8 Å². The van der Waals surface area contributed by atoms with Gasteiger partial charge in [-0.25, -0.2) is 4.79 Å². The number of primary amides is 2. The van der Waals surface area contributed by atoms with Crippen molar-refractivity contribution in [2.24, 2.45) is 89.9 Å². The van der Waals surface area contributed by atoms with E-state index >= 15 is 0 Å². The highest BCUT2D eigenvalue weighted by atomic mass is 16.4. The largest absolute Gasteiger partial charge is 0.480 e. The number of amides is 14. The van der Waals surface area contributed by atoms with E-state index in [2.05, 4.69) is 78.8 Å². The quantitative estimate of drug-likeness (QED) is 0.0164. The van der Waals surface area contributed by atoms with E-state index in [9.17, 15) is 82.1 Å². The van der Waals surface area contributed by atoms with Gasteiger partial charge in [0, 0.05) is 32.5 Å². The van der Waals surface area contributed by atoms with E-state index in [4.69, 9.17) is 63.1 Å². The molecule has 43 nitrogen and oxygen atoms in total. The first-order valence-electron chi connectivity index (χ1n) is 36.2. The predicted molar refractivity (Wildman–Crippen MR) is 405 cm³/mol. The molecule has 14 amide bonds. The fourth-order valence-corrected chi connectivity index (χ4v) is 10.5. The van der Waals surface area contributed by atoms with Crippen LogP contribution in [0.25, 0.3) is 0 Å². The number of aliphatic hydroxyl groups excluding tert-OH is 1. The van der Waals surface area contributed by atoms with Crippen molar-refractivity contribution in [3.05, 3.63) is 35.9 Å². The lowest BCUT2D eigenvalue weighted by Crippen LogP contribution is -2.60. The molecule has 0 aliphatic rings. The molecule has 0 aromatic heterocycles. The van der Waals surface area contributed by atoms with Crippen LogP contribution < -0.4 is 127 Å². The number of carboxylic acids is 1. The second kappa shape index (κ2) is 52.9. The van der Waals surface area contributed by atoms with Gasteiger partial charge in [0.15, 0.2) is 17.9 Å². The Labute approximate surface area is 638 Å². The zero-order valence-corrected chi connectivity index (χ0v) is 63.2. The molecule has 0 unspecified atom stereocenters. The molecule has 0 spiro atoms. The summed E-state index contributed by atoms with van der Waals surface area (Å²) in [7, 11) is 0. The summed E-state index contributed by atoms with van der Waals surface area (Å²) < 4.78 is 0. The van der Waals surface area contributed by atoms with Crippen LogP contribution in [-0.2, 0) is 78.3 Å². The highest BCUT2D eigenvalue weighted by molar-refractivity contribution is 6.00. The number of carbonyl (C=O) groups is 15. The number of guanidine groups is 3. The number of nitrogens with one attached hydrogen (secondary N) is 12. The van der Waals surface area contributed by atoms with Gasteiger partial charge >= 0.3 is 5.97 Å². The fourth-order valence-electron chi connectivity index (χ4n) is 10.5. The molecule has 0 bridgehead atoms. The van der Waals surface area contributed by atoms with Gasteiger partial charge in [-0.15, -0.1) is 0 Å². The van der Waals surface area contributed by atoms with Crippen molar-refractivity contribution >= 4 is 107 Å². The van der Waals surface area contributed by atoms with Gasteiger partial charge in [0.1, 0.15) is 66.5 Å². The first-order chi connectivity index (χ1) is 51.8. The Morgan fingerprint density at radius 3 is 1.23 bits per heavy atom. The maximum absolute atomic E-state index is 14.4. The number of hydrogen-bond donors (Lipinski definition) is 25. The van der Waals surface area contributed by atoms with Crippen molar-refractivity contribution in [3.8, 4) is 0 Å². The van der Waals surface area contributed by atoms with Crippen LogP contribution in [-0.4, -0.2) is 235 Å². The second-order valence-corrected chi connectivity index (χ2v) is 26.8. The van der Waals surface area contributed by atoms with E-state index in [1.165, 1.54) is 20.8 Å². The number of rotatable bonds is 56. The monoisotopic (exact) mass is 1560 g/mol. The first kappa shape index (κ1) is 96.9. The van der Waals surface area contributed by atoms with Crippen LogP contribution >= 0.6 is 0 Å². The maximum Gasteiger partial charge on any atom is 0.326 e. The van der Waals surface area contributed by atoms with E-state index in [0.29, 0.717) is 24.8 Å². The molecule has 618 valence electrons. The van der Waals surface area contributed by atoms with E-state index < -0.39 is 200 Å². The summed E-state index contributed by atoms with van der Waals surface area (Å²) in [6, 6.07) is -9.12. The lowest BCUT2D eigenvalue weighted by Gasteiger charge is -2.28. The van der Waals surface area contributed by atoms with Crippen LogP contribution in [0.1, 0.15) is 143 Å². The average molecular weight is 1560 g/mol. The summed E-state index contributed by atoms with van der Waals surface area (Å²) in [6.07, 6.45) is -0.804. The predicted octanol–water partition coefficient (Wildman–Crippen LogP) is -9.64. The molecule has 0 radical (unpaired) electrons. The Kier molecular flexibility index (Phi) is 46.6. The maximum atomic E-state index is 14.4. The molecule has 1 aromatic rings. The molecule has 36 N–H and O–H groups in total. The Morgan fingerprint density at radius 1 is 0.409 bits per heavy atom. The highest BCUT2D eigenvalue weighted by Crippen LogP contribution is 2.13. The van der Waals surface area contributed by atoms with Crippen LogP contribution in [0.15, 0.2) is 45.3 Å². The van der Waals surface area contributed by atoms with Crippen LogP contribution in [0.5, 0.6) is 0 Å². The van der Waals surface area contributed by atoms with Crippen LogP contribution in [0.2, 0.25) is 0 Å². The van der Waals surface area contributed by atoms with Crippen LogP contribution in [0.4, 0.5) is 0 Å². The summed E-state index contributed by atoms with van der Waals surface area (Å²) in [6.45, 7) is 6.16. The average Bonchev–Trinajstić information content (AvgIpc) is 0.857. The lowest BCUT2D eigenvalue weighted by molar-refractivity contribution is -0.143. The number of benzene rings is 1.